The summed E-state index contributed by atoms with van der Waals surface area (Å²) in [6, 6.07) is 21.2. The van der Waals surface area contributed by atoms with E-state index < -0.39 is 11.7 Å². The lowest BCUT2D eigenvalue weighted by Gasteiger charge is -2.10. The van der Waals surface area contributed by atoms with Crippen molar-refractivity contribution in [2.75, 3.05) is 5.32 Å². The van der Waals surface area contributed by atoms with E-state index in [1.54, 1.807) is 30.3 Å². The summed E-state index contributed by atoms with van der Waals surface area (Å²) in [6.07, 6.45) is 5.10. The lowest BCUT2D eigenvalue weighted by atomic mass is 10.0. The highest BCUT2D eigenvalue weighted by Gasteiger charge is 2.26. The first-order valence-electron chi connectivity index (χ1n) is 11.4. The summed E-state index contributed by atoms with van der Waals surface area (Å²) in [5.74, 6) is -0.0636. The molecule has 4 aromatic rings. The van der Waals surface area contributed by atoms with Crippen molar-refractivity contribution in [2.24, 2.45) is 0 Å². The van der Waals surface area contributed by atoms with Gasteiger partial charge in [-0.1, -0.05) is 48.5 Å². The first-order valence-corrected chi connectivity index (χ1v) is 11.4. The molecule has 0 atom stereocenters. The summed E-state index contributed by atoms with van der Waals surface area (Å²) in [5.41, 5.74) is 3.27. The number of benzene rings is 3. The third kappa shape index (κ3) is 5.41. The fourth-order valence-corrected chi connectivity index (χ4v) is 3.69. The molecule has 7 heteroatoms. The average molecular weight is 467 g/mol. The van der Waals surface area contributed by atoms with Crippen LogP contribution < -0.4 is 10.6 Å². The molecule has 3 aromatic carbocycles. The molecule has 6 nitrogen and oxygen atoms in total. The Morgan fingerprint density at radius 3 is 2.17 bits per heavy atom. The smallest absolute Gasteiger partial charge is 0.258 e. The van der Waals surface area contributed by atoms with Gasteiger partial charge >= 0.3 is 0 Å². The molecule has 0 aliphatic heterocycles. The second kappa shape index (κ2) is 9.85. The molecule has 2 amide bonds. The van der Waals surface area contributed by atoms with Gasteiger partial charge in [-0.05, 0) is 53.8 Å². The van der Waals surface area contributed by atoms with E-state index in [0.29, 0.717) is 23.6 Å². The van der Waals surface area contributed by atoms with E-state index in [-0.39, 0.29) is 17.2 Å². The number of anilines is 1. The molecule has 1 saturated carbocycles. The Morgan fingerprint density at radius 1 is 0.829 bits per heavy atom. The van der Waals surface area contributed by atoms with E-state index in [1.807, 2.05) is 30.3 Å². The quantitative estimate of drug-likeness (QED) is 0.385. The lowest BCUT2D eigenvalue weighted by molar-refractivity contribution is 0.0950. The summed E-state index contributed by atoms with van der Waals surface area (Å²) in [4.78, 5) is 33.4. The van der Waals surface area contributed by atoms with Gasteiger partial charge in [0.15, 0.2) is 0 Å². The van der Waals surface area contributed by atoms with Crippen molar-refractivity contribution < 1.29 is 14.0 Å². The number of carbonyl (C=O) groups excluding carboxylic acids is 2. The number of hydrogen-bond acceptors (Lipinski definition) is 4. The van der Waals surface area contributed by atoms with Gasteiger partial charge in [0.25, 0.3) is 11.8 Å². The van der Waals surface area contributed by atoms with Crippen LogP contribution in [0.25, 0.3) is 11.1 Å². The maximum Gasteiger partial charge on any atom is 0.258 e. The summed E-state index contributed by atoms with van der Waals surface area (Å²) in [7, 11) is 0. The van der Waals surface area contributed by atoms with Crippen molar-refractivity contribution in [3.63, 3.8) is 0 Å². The van der Waals surface area contributed by atoms with Crippen molar-refractivity contribution in [3.8, 4) is 11.1 Å². The van der Waals surface area contributed by atoms with E-state index in [4.69, 9.17) is 0 Å². The molecule has 35 heavy (non-hydrogen) atoms. The van der Waals surface area contributed by atoms with Gasteiger partial charge in [-0.25, -0.2) is 14.4 Å². The normalized spacial score (nSPS) is 12.7. The molecule has 5 rings (SSSR count). The fourth-order valence-electron chi connectivity index (χ4n) is 3.69. The highest BCUT2D eigenvalue weighted by atomic mass is 19.1. The molecule has 0 unspecified atom stereocenters. The van der Waals surface area contributed by atoms with E-state index in [2.05, 4.69) is 20.6 Å². The zero-order valence-corrected chi connectivity index (χ0v) is 18.9. The van der Waals surface area contributed by atoms with Gasteiger partial charge in [-0.15, -0.1) is 0 Å². The van der Waals surface area contributed by atoms with E-state index in [1.165, 1.54) is 24.5 Å². The zero-order valence-electron chi connectivity index (χ0n) is 18.9. The van der Waals surface area contributed by atoms with Gasteiger partial charge in [-0.3, -0.25) is 9.59 Å². The Hall–Kier alpha value is -4.39. The Balaban J connectivity index is 1.22. The van der Waals surface area contributed by atoms with Crippen LogP contribution in [-0.4, -0.2) is 21.8 Å². The molecule has 0 saturated heterocycles. The third-order valence-corrected chi connectivity index (χ3v) is 5.87. The first kappa shape index (κ1) is 22.4. The maximum absolute atomic E-state index is 14.7. The number of nitrogens with one attached hydrogen (secondary N) is 2. The van der Waals surface area contributed by atoms with Gasteiger partial charge < -0.3 is 10.6 Å². The highest BCUT2D eigenvalue weighted by Crippen LogP contribution is 2.37. The Labute approximate surface area is 202 Å². The Bertz CT molecular complexity index is 1350. The Kier molecular flexibility index (Phi) is 6.30. The van der Waals surface area contributed by atoms with Crippen LogP contribution in [0.2, 0.25) is 0 Å². The second-order valence-electron chi connectivity index (χ2n) is 8.50. The van der Waals surface area contributed by atoms with Crippen molar-refractivity contribution in [3.05, 3.63) is 114 Å². The molecule has 1 aromatic heterocycles. The van der Waals surface area contributed by atoms with Crippen molar-refractivity contribution in [1.29, 1.82) is 0 Å². The van der Waals surface area contributed by atoms with Gasteiger partial charge in [-0.2, -0.15) is 0 Å². The third-order valence-electron chi connectivity index (χ3n) is 5.87. The number of nitrogens with zero attached hydrogens (tertiary/aromatic N) is 2. The van der Waals surface area contributed by atoms with Crippen LogP contribution in [0.3, 0.4) is 0 Å². The van der Waals surface area contributed by atoms with Crippen molar-refractivity contribution in [2.45, 2.75) is 25.3 Å². The standard InChI is InChI=1S/C28H23FN4O2/c29-24-14-22(12-13-25(24)33-28(35)23-16-30-26(31-17-23)20-8-9-20)19-6-10-21(11-7-19)27(34)32-15-18-4-2-1-3-5-18/h1-7,10-14,16-17,20H,8-9,15H2,(H,32,34)(H,33,35). The lowest BCUT2D eigenvalue weighted by Crippen LogP contribution is -2.22. The van der Waals surface area contributed by atoms with E-state index in [9.17, 15) is 14.0 Å². The maximum atomic E-state index is 14.7. The monoisotopic (exact) mass is 466 g/mol. The van der Waals surface area contributed by atoms with Crippen LogP contribution in [0.4, 0.5) is 10.1 Å². The number of carbonyl (C=O) groups is 2. The summed E-state index contributed by atoms with van der Waals surface area (Å²) < 4.78 is 14.7. The van der Waals surface area contributed by atoms with Crippen LogP contribution in [0.15, 0.2) is 85.2 Å². The predicted molar refractivity (Wildman–Crippen MR) is 131 cm³/mol. The minimum Gasteiger partial charge on any atom is -0.348 e. The van der Waals surface area contributed by atoms with Gasteiger partial charge in [0.2, 0.25) is 0 Å². The Morgan fingerprint density at radius 2 is 1.51 bits per heavy atom. The van der Waals surface area contributed by atoms with Crippen molar-refractivity contribution in [1.82, 2.24) is 15.3 Å². The molecular weight excluding hydrogens is 443 g/mol. The molecule has 0 bridgehead atoms. The molecule has 2 N–H and O–H groups in total. The molecule has 1 aliphatic carbocycles. The van der Waals surface area contributed by atoms with E-state index in [0.717, 1.165) is 29.8 Å². The number of amides is 2. The zero-order chi connectivity index (χ0) is 24.2. The van der Waals surface area contributed by atoms with Gasteiger partial charge in [0.05, 0.1) is 11.3 Å². The summed E-state index contributed by atoms with van der Waals surface area (Å²) >= 11 is 0. The van der Waals surface area contributed by atoms with Gasteiger partial charge in [0.1, 0.15) is 11.6 Å². The van der Waals surface area contributed by atoms with E-state index >= 15 is 0 Å². The number of aromatic nitrogens is 2. The predicted octanol–water partition coefficient (Wildman–Crippen LogP) is 5.34. The SMILES string of the molecule is O=C(NCc1ccccc1)c1ccc(-c2ccc(NC(=O)c3cnc(C4CC4)nc3)c(F)c2)cc1. The number of rotatable bonds is 7. The molecule has 1 aliphatic rings. The molecule has 1 fully saturated rings. The molecule has 0 radical (unpaired) electrons. The van der Waals surface area contributed by atoms with Crippen LogP contribution >= 0.6 is 0 Å². The number of halogens is 1. The van der Waals surface area contributed by atoms with Gasteiger partial charge in [0, 0.05) is 30.4 Å². The minimum atomic E-state index is -0.559. The summed E-state index contributed by atoms with van der Waals surface area (Å²) in [6.45, 7) is 0.441. The second-order valence-corrected chi connectivity index (χ2v) is 8.50. The van der Waals surface area contributed by atoms with Crippen molar-refractivity contribution >= 4 is 17.5 Å². The molecule has 1 heterocycles. The van der Waals surface area contributed by atoms with Crippen LogP contribution in [0, 0.1) is 5.82 Å². The molecule has 0 spiro atoms. The topological polar surface area (TPSA) is 84.0 Å². The molecular formula is C28H23FN4O2. The first-order chi connectivity index (χ1) is 17.1. The average Bonchev–Trinajstić information content (AvgIpc) is 3.75. The van der Waals surface area contributed by atoms with Crippen LogP contribution in [-0.2, 0) is 6.54 Å². The summed E-state index contributed by atoms with van der Waals surface area (Å²) in [5, 5.41) is 5.46. The largest absolute Gasteiger partial charge is 0.348 e. The highest BCUT2D eigenvalue weighted by molar-refractivity contribution is 6.04. The minimum absolute atomic E-state index is 0.0712. The fraction of sp³-hybridized carbons (Fsp3) is 0.143. The van der Waals surface area contributed by atoms with Crippen LogP contribution in [0.5, 0.6) is 0 Å². The number of hydrogen-bond donors (Lipinski definition) is 2. The molecule has 174 valence electrons. The van der Waals surface area contributed by atoms with Crippen LogP contribution in [0.1, 0.15) is 50.9 Å².